The van der Waals surface area contributed by atoms with Gasteiger partial charge in [-0.3, -0.25) is 14.6 Å². The third-order valence-corrected chi connectivity index (χ3v) is 4.54. The SMILES string of the molecule is Cc1cc(C(=O)N2CCN(C(=O)CCc3cccnc3)CC2)c(C)o1. The third kappa shape index (κ3) is 4.07. The minimum Gasteiger partial charge on any atom is -0.466 e. The first-order valence-corrected chi connectivity index (χ1v) is 8.57. The van der Waals surface area contributed by atoms with E-state index in [1.807, 2.05) is 24.0 Å². The summed E-state index contributed by atoms with van der Waals surface area (Å²) in [5.74, 6) is 1.51. The lowest BCUT2D eigenvalue weighted by Gasteiger charge is -2.34. The normalized spacial score (nSPS) is 14.6. The Bertz CT molecular complexity index is 747. The highest BCUT2D eigenvalue weighted by atomic mass is 16.3. The number of hydrogen-bond acceptors (Lipinski definition) is 4. The number of aryl methyl sites for hydroxylation is 3. The molecule has 0 atom stereocenters. The van der Waals surface area contributed by atoms with Crippen LogP contribution in [0.15, 0.2) is 35.0 Å². The van der Waals surface area contributed by atoms with Crippen LogP contribution in [0.1, 0.15) is 33.9 Å². The molecular weight excluding hydrogens is 318 g/mol. The van der Waals surface area contributed by atoms with Crippen molar-refractivity contribution in [1.82, 2.24) is 14.8 Å². The highest BCUT2D eigenvalue weighted by molar-refractivity contribution is 5.95. The number of carbonyl (C=O) groups excluding carboxylic acids is 2. The van der Waals surface area contributed by atoms with Crippen LogP contribution in [0.5, 0.6) is 0 Å². The second-order valence-corrected chi connectivity index (χ2v) is 6.36. The molecule has 3 heterocycles. The van der Waals surface area contributed by atoms with Crippen LogP contribution in [0.4, 0.5) is 0 Å². The van der Waals surface area contributed by atoms with E-state index in [2.05, 4.69) is 4.98 Å². The van der Waals surface area contributed by atoms with E-state index >= 15 is 0 Å². The molecule has 6 heteroatoms. The molecule has 1 saturated heterocycles. The Labute approximate surface area is 147 Å². The molecule has 0 radical (unpaired) electrons. The van der Waals surface area contributed by atoms with Crippen LogP contribution in [0.3, 0.4) is 0 Å². The van der Waals surface area contributed by atoms with Gasteiger partial charge in [-0.05, 0) is 38.0 Å². The van der Waals surface area contributed by atoms with Crippen molar-refractivity contribution in [1.29, 1.82) is 0 Å². The fourth-order valence-electron chi connectivity index (χ4n) is 3.13. The fraction of sp³-hybridized carbons (Fsp3) is 0.421. The number of amides is 2. The van der Waals surface area contributed by atoms with Crippen molar-refractivity contribution in [3.05, 3.63) is 53.2 Å². The second-order valence-electron chi connectivity index (χ2n) is 6.36. The van der Waals surface area contributed by atoms with Crippen molar-refractivity contribution in [3.63, 3.8) is 0 Å². The average Bonchev–Trinajstić information content (AvgIpc) is 2.98. The smallest absolute Gasteiger partial charge is 0.257 e. The summed E-state index contributed by atoms with van der Waals surface area (Å²) in [5, 5.41) is 0. The number of carbonyl (C=O) groups is 2. The van der Waals surface area contributed by atoms with Crippen molar-refractivity contribution in [3.8, 4) is 0 Å². The first kappa shape index (κ1) is 17.2. The topological polar surface area (TPSA) is 66.7 Å². The predicted octanol–water partition coefficient (Wildman–Crippen LogP) is 2.21. The molecule has 0 N–H and O–H groups in total. The molecule has 1 aliphatic heterocycles. The molecule has 1 fully saturated rings. The number of piperazine rings is 1. The summed E-state index contributed by atoms with van der Waals surface area (Å²) in [6, 6.07) is 5.64. The second kappa shape index (κ2) is 7.51. The minimum atomic E-state index is -0.0168. The van der Waals surface area contributed by atoms with E-state index in [1.54, 1.807) is 30.3 Å². The number of nitrogens with zero attached hydrogens (tertiary/aromatic N) is 3. The van der Waals surface area contributed by atoms with Crippen LogP contribution < -0.4 is 0 Å². The molecule has 2 amide bonds. The molecule has 0 aliphatic carbocycles. The van der Waals surface area contributed by atoms with Gasteiger partial charge in [0.25, 0.3) is 5.91 Å². The van der Waals surface area contributed by atoms with Gasteiger partial charge >= 0.3 is 0 Å². The van der Waals surface area contributed by atoms with E-state index < -0.39 is 0 Å². The van der Waals surface area contributed by atoms with Gasteiger partial charge in [-0.25, -0.2) is 0 Å². The highest BCUT2D eigenvalue weighted by Gasteiger charge is 2.26. The summed E-state index contributed by atoms with van der Waals surface area (Å²) >= 11 is 0. The maximum atomic E-state index is 12.6. The minimum absolute atomic E-state index is 0.0168. The van der Waals surface area contributed by atoms with Gasteiger partial charge in [-0.15, -0.1) is 0 Å². The summed E-state index contributed by atoms with van der Waals surface area (Å²) < 4.78 is 5.44. The van der Waals surface area contributed by atoms with Crippen LogP contribution >= 0.6 is 0 Å². The van der Waals surface area contributed by atoms with Gasteiger partial charge in [0.05, 0.1) is 5.56 Å². The maximum Gasteiger partial charge on any atom is 0.257 e. The lowest BCUT2D eigenvalue weighted by atomic mass is 10.1. The van der Waals surface area contributed by atoms with Crippen LogP contribution in [-0.2, 0) is 11.2 Å². The van der Waals surface area contributed by atoms with Gasteiger partial charge in [0.2, 0.25) is 5.91 Å². The molecular formula is C19H23N3O3. The van der Waals surface area contributed by atoms with E-state index in [4.69, 9.17) is 4.42 Å². The summed E-state index contributed by atoms with van der Waals surface area (Å²) in [4.78, 5) is 32.6. The molecule has 0 aromatic carbocycles. The Kier molecular flexibility index (Phi) is 5.16. The first-order chi connectivity index (χ1) is 12.0. The molecule has 1 aliphatic rings. The van der Waals surface area contributed by atoms with E-state index in [0.29, 0.717) is 50.3 Å². The molecule has 6 nitrogen and oxygen atoms in total. The van der Waals surface area contributed by atoms with E-state index in [0.717, 1.165) is 11.3 Å². The first-order valence-electron chi connectivity index (χ1n) is 8.57. The zero-order valence-corrected chi connectivity index (χ0v) is 14.7. The molecule has 25 heavy (non-hydrogen) atoms. The van der Waals surface area contributed by atoms with Crippen LogP contribution in [0.25, 0.3) is 0 Å². The predicted molar refractivity (Wildman–Crippen MR) is 93.2 cm³/mol. The Balaban J connectivity index is 1.50. The van der Waals surface area contributed by atoms with Crippen molar-refractivity contribution < 1.29 is 14.0 Å². The Hall–Kier alpha value is -2.63. The summed E-state index contributed by atoms with van der Waals surface area (Å²) in [7, 11) is 0. The standard InChI is InChI=1S/C19H23N3O3/c1-14-12-17(15(2)25-14)19(24)22-10-8-21(9-11-22)18(23)6-5-16-4-3-7-20-13-16/h3-4,7,12-13H,5-6,8-11H2,1-2H3. The van der Waals surface area contributed by atoms with Gasteiger partial charge < -0.3 is 14.2 Å². The summed E-state index contributed by atoms with van der Waals surface area (Å²) in [6.07, 6.45) is 4.68. The molecule has 0 spiro atoms. The van der Waals surface area contributed by atoms with Crippen LogP contribution in [0.2, 0.25) is 0 Å². The number of pyridine rings is 1. The zero-order chi connectivity index (χ0) is 17.8. The molecule has 2 aromatic heterocycles. The largest absolute Gasteiger partial charge is 0.466 e. The van der Waals surface area contributed by atoms with Gasteiger partial charge in [-0.2, -0.15) is 0 Å². The number of furan rings is 1. The van der Waals surface area contributed by atoms with Crippen molar-refractivity contribution >= 4 is 11.8 Å². The van der Waals surface area contributed by atoms with Crippen molar-refractivity contribution in [2.75, 3.05) is 26.2 Å². The Morgan fingerprint density at radius 3 is 2.48 bits per heavy atom. The molecule has 0 unspecified atom stereocenters. The van der Waals surface area contributed by atoms with E-state index in [-0.39, 0.29) is 11.8 Å². The molecule has 2 aromatic rings. The zero-order valence-electron chi connectivity index (χ0n) is 14.7. The van der Waals surface area contributed by atoms with E-state index in [9.17, 15) is 9.59 Å². The Morgan fingerprint density at radius 2 is 1.88 bits per heavy atom. The highest BCUT2D eigenvalue weighted by Crippen LogP contribution is 2.17. The lowest BCUT2D eigenvalue weighted by Crippen LogP contribution is -2.50. The molecule has 132 valence electrons. The Morgan fingerprint density at radius 1 is 1.16 bits per heavy atom. The van der Waals surface area contributed by atoms with E-state index in [1.165, 1.54) is 0 Å². The quantitative estimate of drug-likeness (QED) is 0.855. The van der Waals surface area contributed by atoms with Crippen molar-refractivity contribution in [2.45, 2.75) is 26.7 Å². The summed E-state index contributed by atoms with van der Waals surface area (Å²) in [5.41, 5.74) is 1.68. The van der Waals surface area contributed by atoms with Gasteiger partial charge in [0.1, 0.15) is 11.5 Å². The molecule has 0 saturated carbocycles. The van der Waals surface area contributed by atoms with Gasteiger partial charge in [0, 0.05) is 45.0 Å². The lowest BCUT2D eigenvalue weighted by molar-refractivity contribution is -0.132. The van der Waals surface area contributed by atoms with Crippen LogP contribution in [0, 0.1) is 13.8 Å². The van der Waals surface area contributed by atoms with Gasteiger partial charge in [0.15, 0.2) is 0 Å². The number of aromatic nitrogens is 1. The fourth-order valence-corrected chi connectivity index (χ4v) is 3.13. The average molecular weight is 341 g/mol. The molecule has 0 bridgehead atoms. The van der Waals surface area contributed by atoms with Crippen molar-refractivity contribution in [2.24, 2.45) is 0 Å². The van der Waals surface area contributed by atoms with Gasteiger partial charge in [-0.1, -0.05) is 6.07 Å². The number of rotatable bonds is 4. The maximum absolute atomic E-state index is 12.6. The summed E-state index contributed by atoms with van der Waals surface area (Å²) in [6.45, 7) is 5.91. The molecule has 3 rings (SSSR count). The van der Waals surface area contributed by atoms with Crippen LogP contribution in [-0.4, -0.2) is 52.8 Å². The third-order valence-electron chi connectivity index (χ3n) is 4.54. The monoisotopic (exact) mass is 341 g/mol. The number of hydrogen-bond donors (Lipinski definition) is 0.